The predicted molar refractivity (Wildman–Crippen MR) is 117 cm³/mol. The maximum absolute atomic E-state index is 13.9. The van der Waals surface area contributed by atoms with Crippen molar-refractivity contribution in [2.45, 2.75) is 25.2 Å². The second-order valence-corrected chi connectivity index (χ2v) is 8.40. The number of nitriles is 1. The van der Waals surface area contributed by atoms with Gasteiger partial charge in [-0.2, -0.15) is 5.26 Å². The molecule has 2 aromatic carbocycles. The molecule has 1 aliphatic heterocycles. The Morgan fingerprint density at radius 1 is 1.19 bits per heavy atom. The van der Waals surface area contributed by atoms with Crippen LogP contribution in [0.3, 0.4) is 0 Å². The highest BCUT2D eigenvalue weighted by atomic mass is 19.1. The first-order valence-corrected chi connectivity index (χ1v) is 10.2. The lowest BCUT2D eigenvalue weighted by molar-refractivity contribution is 0.292. The minimum Gasteiger partial charge on any atom is -0.440 e. The molecule has 31 heavy (non-hydrogen) atoms. The quantitative estimate of drug-likeness (QED) is 0.488. The molecular weight excluding hydrogens is 395 g/mol. The first kappa shape index (κ1) is 19.3. The highest BCUT2D eigenvalue weighted by Crippen LogP contribution is 2.39. The number of aryl methyl sites for hydroxylation is 1. The number of oxazole rings is 1. The van der Waals surface area contributed by atoms with Gasteiger partial charge < -0.3 is 13.9 Å². The van der Waals surface area contributed by atoms with Gasteiger partial charge in [-0.1, -0.05) is 19.1 Å². The third-order valence-corrected chi connectivity index (χ3v) is 6.44. The molecule has 4 aromatic rings. The lowest BCUT2D eigenvalue weighted by Gasteiger charge is -2.39. The highest BCUT2D eigenvalue weighted by molar-refractivity contribution is 5.95. The maximum Gasteiger partial charge on any atom is 0.270 e. The van der Waals surface area contributed by atoms with E-state index in [1.54, 1.807) is 13.1 Å². The molecule has 1 fully saturated rings. The lowest BCUT2D eigenvalue weighted by atomic mass is 9.80. The van der Waals surface area contributed by atoms with Crippen molar-refractivity contribution in [2.24, 2.45) is 7.05 Å². The van der Waals surface area contributed by atoms with Crippen LogP contribution < -0.4 is 10.5 Å². The number of hydrogen-bond acceptors (Lipinski definition) is 5. The molecule has 6 nitrogen and oxygen atoms in total. The van der Waals surface area contributed by atoms with Gasteiger partial charge in [0.15, 0.2) is 5.58 Å². The number of para-hydroxylation sites is 2. The summed E-state index contributed by atoms with van der Waals surface area (Å²) in [6.07, 6.45) is 1.51. The number of fused-ring (bicyclic) bond motifs is 2. The molecule has 1 aliphatic rings. The first-order chi connectivity index (χ1) is 14.9. The summed E-state index contributed by atoms with van der Waals surface area (Å²) in [6, 6.07) is 14.1. The molecule has 0 aliphatic carbocycles. The molecule has 0 bridgehead atoms. The molecule has 0 amide bonds. The lowest BCUT2D eigenvalue weighted by Crippen LogP contribution is -2.42. The maximum atomic E-state index is 13.9. The zero-order valence-corrected chi connectivity index (χ0v) is 17.4. The Balaban J connectivity index is 1.54. The third-order valence-electron chi connectivity index (χ3n) is 6.44. The average Bonchev–Trinajstić information content (AvgIpc) is 3.22. The summed E-state index contributed by atoms with van der Waals surface area (Å²) < 4.78 is 21.2. The van der Waals surface area contributed by atoms with E-state index < -0.39 is 11.4 Å². The number of pyridine rings is 1. The fourth-order valence-corrected chi connectivity index (χ4v) is 4.49. The minimum absolute atomic E-state index is 0.0899. The number of nitrogens with zero attached hydrogens (tertiary/aromatic N) is 4. The number of hydrogen-bond donors (Lipinski definition) is 0. The Kier molecular flexibility index (Phi) is 4.33. The van der Waals surface area contributed by atoms with E-state index in [1.807, 2.05) is 24.3 Å². The number of halogens is 1. The van der Waals surface area contributed by atoms with Crippen molar-refractivity contribution in [2.75, 3.05) is 18.0 Å². The van der Waals surface area contributed by atoms with Crippen molar-refractivity contribution in [3.8, 4) is 6.07 Å². The molecule has 1 saturated heterocycles. The van der Waals surface area contributed by atoms with Crippen molar-refractivity contribution in [3.63, 3.8) is 0 Å². The SMILES string of the molecule is Cn1c(=O)c(C#N)c(N2CCC(C)(c3nc4ccccc4o3)CC2)c2ccc(F)cc21. The van der Waals surface area contributed by atoms with Gasteiger partial charge in [-0.15, -0.1) is 0 Å². The Labute approximate surface area is 178 Å². The summed E-state index contributed by atoms with van der Waals surface area (Å²) in [5.74, 6) is 0.296. The van der Waals surface area contributed by atoms with E-state index in [4.69, 9.17) is 9.40 Å². The van der Waals surface area contributed by atoms with E-state index in [0.717, 1.165) is 23.9 Å². The van der Waals surface area contributed by atoms with Crippen LogP contribution in [0.5, 0.6) is 0 Å². The van der Waals surface area contributed by atoms with Crippen LogP contribution in [0.4, 0.5) is 10.1 Å². The van der Waals surface area contributed by atoms with Crippen molar-refractivity contribution in [3.05, 3.63) is 70.1 Å². The van der Waals surface area contributed by atoms with Gasteiger partial charge in [0, 0.05) is 30.9 Å². The molecule has 0 N–H and O–H groups in total. The number of benzene rings is 2. The second kappa shape index (κ2) is 6.95. The van der Waals surface area contributed by atoms with Gasteiger partial charge >= 0.3 is 0 Å². The van der Waals surface area contributed by atoms with E-state index in [0.29, 0.717) is 35.6 Å². The van der Waals surface area contributed by atoms with Gasteiger partial charge in [0.25, 0.3) is 5.56 Å². The van der Waals surface area contributed by atoms with Gasteiger partial charge in [-0.3, -0.25) is 4.79 Å². The summed E-state index contributed by atoms with van der Waals surface area (Å²) in [5.41, 5.74) is 2.10. The van der Waals surface area contributed by atoms with Gasteiger partial charge in [-0.05, 0) is 43.2 Å². The Morgan fingerprint density at radius 2 is 1.94 bits per heavy atom. The normalized spacial score (nSPS) is 16.0. The Bertz CT molecular complexity index is 1390. The van der Waals surface area contributed by atoms with Gasteiger partial charge in [-0.25, -0.2) is 9.37 Å². The largest absolute Gasteiger partial charge is 0.440 e. The summed E-state index contributed by atoms with van der Waals surface area (Å²) >= 11 is 0. The van der Waals surface area contributed by atoms with Gasteiger partial charge in [0.05, 0.1) is 11.2 Å². The number of anilines is 1. The molecule has 156 valence electrons. The molecule has 2 aromatic heterocycles. The molecule has 0 spiro atoms. The smallest absolute Gasteiger partial charge is 0.270 e. The van der Waals surface area contributed by atoms with E-state index >= 15 is 0 Å². The van der Waals surface area contributed by atoms with Crippen LogP contribution in [-0.2, 0) is 12.5 Å². The van der Waals surface area contributed by atoms with E-state index in [9.17, 15) is 14.4 Å². The molecule has 0 unspecified atom stereocenters. The summed E-state index contributed by atoms with van der Waals surface area (Å²) in [4.78, 5) is 19.6. The highest BCUT2D eigenvalue weighted by Gasteiger charge is 2.37. The molecule has 0 saturated carbocycles. The summed E-state index contributed by atoms with van der Waals surface area (Å²) in [5, 5.41) is 10.4. The molecule has 3 heterocycles. The van der Waals surface area contributed by atoms with Crippen LogP contribution in [0.1, 0.15) is 31.2 Å². The number of aromatic nitrogens is 2. The van der Waals surface area contributed by atoms with E-state index in [2.05, 4.69) is 17.9 Å². The van der Waals surface area contributed by atoms with Crippen LogP contribution in [0.15, 0.2) is 51.7 Å². The number of piperidine rings is 1. The summed E-state index contributed by atoms with van der Waals surface area (Å²) in [6.45, 7) is 3.39. The topological polar surface area (TPSA) is 75.1 Å². The fraction of sp³-hybridized carbons (Fsp3) is 0.292. The number of rotatable bonds is 2. The molecule has 5 rings (SSSR count). The standard InChI is InChI=1S/C24H21FN4O2/c1-24(23-27-18-5-3-4-6-20(18)31-23)9-11-29(12-10-24)21-16-8-7-15(25)13-19(16)28(2)22(30)17(21)14-26/h3-8,13H,9-12H2,1-2H3. The molecular formula is C24H21FN4O2. The van der Waals surface area contributed by atoms with Crippen LogP contribution in [0.2, 0.25) is 0 Å². The van der Waals surface area contributed by atoms with Crippen LogP contribution in [-0.4, -0.2) is 22.6 Å². The average molecular weight is 416 g/mol. The van der Waals surface area contributed by atoms with Crippen molar-refractivity contribution >= 4 is 27.7 Å². The molecule has 7 heteroatoms. The van der Waals surface area contributed by atoms with E-state index in [1.165, 1.54) is 16.7 Å². The Hall–Kier alpha value is -3.66. The molecule has 0 radical (unpaired) electrons. The van der Waals surface area contributed by atoms with Gasteiger partial charge in [0.1, 0.15) is 23.0 Å². The Morgan fingerprint density at radius 3 is 2.65 bits per heavy atom. The van der Waals surface area contributed by atoms with Crippen molar-refractivity contribution < 1.29 is 8.81 Å². The first-order valence-electron chi connectivity index (χ1n) is 10.2. The zero-order valence-electron chi connectivity index (χ0n) is 17.4. The minimum atomic E-state index is -0.416. The van der Waals surface area contributed by atoms with Crippen molar-refractivity contribution in [1.82, 2.24) is 9.55 Å². The summed E-state index contributed by atoms with van der Waals surface area (Å²) in [7, 11) is 1.56. The third kappa shape index (κ3) is 2.98. The van der Waals surface area contributed by atoms with Crippen LogP contribution in [0, 0.1) is 17.1 Å². The second-order valence-electron chi connectivity index (χ2n) is 8.40. The zero-order chi connectivity index (χ0) is 21.8. The molecule has 0 atom stereocenters. The van der Waals surface area contributed by atoms with E-state index in [-0.39, 0.29) is 11.0 Å². The van der Waals surface area contributed by atoms with Gasteiger partial charge in [0.2, 0.25) is 5.89 Å². The van der Waals surface area contributed by atoms with Crippen LogP contribution in [0.25, 0.3) is 22.0 Å². The predicted octanol–water partition coefficient (Wildman–Crippen LogP) is 4.25. The fourth-order valence-electron chi connectivity index (χ4n) is 4.49. The van der Waals surface area contributed by atoms with Crippen molar-refractivity contribution in [1.29, 1.82) is 5.26 Å². The van der Waals surface area contributed by atoms with Crippen LogP contribution >= 0.6 is 0 Å². The monoisotopic (exact) mass is 416 g/mol.